The Hall–Kier alpha value is -3.10. The molecular weight excluding hydrogens is 538 g/mol. The number of nitrogens with one attached hydrogen (secondary N) is 2. The lowest BCUT2D eigenvalue weighted by Gasteiger charge is -2.17. The second-order valence-corrected chi connectivity index (χ2v) is 9.61. The second-order valence-electron chi connectivity index (χ2n) is 8.35. The lowest BCUT2D eigenvalue weighted by Crippen LogP contribution is -2.23. The molecule has 3 aromatic carbocycles. The molecule has 6 nitrogen and oxygen atoms in total. The van der Waals surface area contributed by atoms with Gasteiger partial charge < -0.3 is 19.5 Å². The zero-order valence-electron chi connectivity index (χ0n) is 21.0. The fourth-order valence-electron chi connectivity index (χ4n) is 3.45. The van der Waals surface area contributed by atoms with E-state index in [1.807, 2.05) is 49.4 Å². The number of para-hydroxylation sites is 1. The number of ether oxygens (including phenoxy) is 3. The summed E-state index contributed by atoms with van der Waals surface area (Å²) in [7, 11) is 0. The average molecular weight is 571 g/mol. The molecule has 0 aromatic heterocycles. The summed E-state index contributed by atoms with van der Waals surface area (Å²) in [4.78, 5) is 0. The van der Waals surface area contributed by atoms with Crippen LogP contribution in [0.25, 0.3) is 0 Å². The fraction of sp³-hybridized carbons (Fsp3) is 0.286. The van der Waals surface area contributed by atoms with Gasteiger partial charge in [-0.15, -0.1) is 0 Å². The molecule has 8 heteroatoms. The van der Waals surface area contributed by atoms with Gasteiger partial charge in [-0.05, 0) is 94.9 Å². The van der Waals surface area contributed by atoms with Crippen molar-refractivity contribution in [3.05, 3.63) is 81.8 Å². The van der Waals surface area contributed by atoms with Crippen LogP contribution >= 0.6 is 28.1 Å². The van der Waals surface area contributed by atoms with Crippen LogP contribution in [0.4, 0.5) is 5.69 Å². The number of hydrogen-bond donors (Lipinski definition) is 2. The SMILES string of the molecule is CCOc1cc(C=NNC(=S)Nc2ccccc2)cc(Br)c1OCCOc1cc(C)ccc1C(C)C. The number of nitrogens with zero attached hydrogens (tertiary/aromatic N) is 1. The van der Waals surface area contributed by atoms with Gasteiger partial charge in [0.15, 0.2) is 16.6 Å². The third-order valence-corrected chi connectivity index (χ3v) is 5.90. The maximum absolute atomic E-state index is 6.05. The van der Waals surface area contributed by atoms with Crippen molar-refractivity contribution < 1.29 is 14.2 Å². The number of benzene rings is 3. The molecular formula is C28H32BrN3O3S. The quantitative estimate of drug-likeness (QED) is 0.111. The van der Waals surface area contributed by atoms with Crippen LogP contribution in [0, 0.1) is 6.92 Å². The van der Waals surface area contributed by atoms with Crippen LogP contribution < -0.4 is 25.0 Å². The van der Waals surface area contributed by atoms with Gasteiger partial charge in [0.1, 0.15) is 19.0 Å². The predicted molar refractivity (Wildman–Crippen MR) is 155 cm³/mol. The Morgan fingerprint density at radius 1 is 1.00 bits per heavy atom. The normalized spacial score (nSPS) is 10.9. The van der Waals surface area contributed by atoms with E-state index in [9.17, 15) is 0 Å². The van der Waals surface area contributed by atoms with E-state index in [1.54, 1.807) is 6.21 Å². The number of hydrogen-bond acceptors (Lipinski definition) is 5. The van der Waals surface area contributed by atoms with Gasteiger partial charge in [-0.2, -0.15) is 5.10 Å². The zero-order valence-corrected chi connectivity index (χ0v) is 23.4. The van der Waals surface area contributed by atoms with Gasteiger partial charge in [0.05, 0.1) is 17.3 Å². The summed E-state index contributed by atoms with van der Waals surface area (Å²) in [5, 5.41) is 7.71. The maximum atomic E-state index is 6.05. The van der Waals surface area contributed by atoms with E-state index in [4.69, 9.17) is 26.4 Å². The van der Waals surface area contributed by atoms with Crippen LogP contribution in [-0.4, -0.2) is 31.1 Å². The van der Waals surface area contributed by atoms with Crippen LogP contribution in [0.2, 0.25) is 0 Å². The largest absolute Gasteiger partial charge is 0.490 e. The minimum absolute atomic E-state index is 0.374. The summed E-state index contributed by atoms with van der Waals surface area (Å²) in [6.45, 7) is 9.61. The number of anilines is 1. The van der Waals surface area contributed by atoms with Crippen molar-refractivity contribution in [1.29, 1.82) is 0 Å². The molecule has 2 N–H and O–H groups in total. The summed E-state index contributed by atoms with van der Waals surface area (Å²) in [6.07, 6.45) is 1.67. The molecule has 0 aliphatic heterocycles. The van der Waals surface area contributed by atoms with Gasteiger partial charge in [-0.1, -0.05) is 44.2 Å². The molecule has 0 unspecified atom stereocenters. The van der Waals surface area contributed by atoms with Crippen molar-refractivity contribution in [2.45, 2.75) is 33.6 Å². The Bertz CT molecular complexity index is 1190. The minimum atomic E-state index is 0.374. The first-order valence-corrected chi connectivity index (χ1v) is 13.0. The number of rotatable bonds is 11. The summed E-state index contributed by atoms with van der Waals surface area (Å²) in [5.41, 5.74) is 6.89. The van der Waals surface area contributed by atoms with E-state index in [0.717, 1.165) is 21.5 Å². The molecule has 0 saturated carbocycles. The Morgan fingerprint density at radius 3 is 2.47 bits per heavy atom. The lowest BCUT2D eigenvalue weighted by atomic mass is 10.0. The first kappa shape index (κ1) is 27.5. The van der Waals surface area contributed by atoms with Crippen LogP contribution in [0.3, 0.4) is 0 Å². The standard InChI is InChI=1S/C28H32BrN3O3S/c1-5-33-26-17-21(18-30-32-28(36)31-22-9-7-6-8-10-22)16-24(29)27(26)35-14-13-34-25-15-20(4)11-12-23(25)19(2)3/h6-12,15-19H,5,13-14H2,1-4H3,(H2,31,32,36). The number of halogens is 1. The van der Waals surface area contributed by atoms with Gasteiger partial charge in [0.2, 0.25) is 0 Å². The van der Waals surface area contributed by atoms with Crippen LogP contribution in [0.1, 0.15) is 43.4 Å². The van der Waals surface area contributed by atoms with Gasteiger partial charge >= 0.3 is 0 Å². The van der Waals surface area contributed by atoms with Crippen molar-refractivity contribution in [3.8, 4) is 17.2 Å². The lowest BCUT2D eigenvalue weighted by molar-refractivity contribution is 0.206. The van der Waals surface area contributed by atoms with Gasteiger partial charge in [-0.3, -0.25) is 5.43 Å². The molecule has 36 heavy (non-hydrogen) atoms. The highest BCUT2D eigenvalue weighted by atomic mass is 79.9. The van der Waals surface area contributed by atoms with Crippen molar-refractivity contribution in [2.24, 2.45) is 5.10 Å². The molecule has 190 valence electrons. The molecule has 0 heterocycles. The number of hydrazone groups is 1. The molecule has 0 saturated heterocycles. The first-order valence-electron chi connectivity index (χ1n) is 11.8. The molecule has 0 fully saturated rings. The third-order valence-electron chi connectivity index (χ3n) is 5.12. The van der Waals surface area contributed by atoms with Crippen LogP contribution in [0.5, 0.6) is 17.2 Å². The smallest absolute Gasteiger partial charge is 0.191 e. The summed E-state index contributed by atoms with van der Waals surface area (Å²) in [6, 6.07) is 19.8. The Balaban J connectivity index is 1.60. The third kappa shape index (κ3) is 8.24. The summed E-state index contributed by atoms with van der Waals surface area (Å²) < 4.78 is 18.7. The van der Waals surface area contributed by atoms with E-state index < -0.39 is 0 Å². The summed E-state index contributed by atoms with van der Waals surface area (Å²) in [5.74, 6) is 2.53. The predicted octanol–water partition coefficient (Wildman–Crippen LogP) is 7.06. The topological polar surface area (TPSA) is 64.1 Å². The van der Waals surface area contributed by atoms with E-state index in [-0.39, 0.29) is 0 Å². The van der Waals surface area contributed by atoms with Gasteiger partial charge in [0, 0.05) is 5.69 Å². The zero-order chi connectivity index (χ0) is 25.9. The summed E-state index contributed by atoms with van der Waals surface area (Å²) >= 11 is 8.89. The Morgan fingerprint density at radius 2 is 1.75 bits per heavy atom. The van der Waals surface area contributed by atoms with Crippen molar-refractivity contribution in [3.63, 3.8) is 0 Å². The van der Waals surface area contributed by atoms with E-state index in [2.05, 4.69) is 70.7 Å². The first-order chi connectivity index (χ1) is 17.4. The highest BCUT2D eigenvalue weighted by molar-refractivity contribution is 9.10. The highest BCUT2D eigenvalue weighted by Gasteiger charge is 2.13. The molecule has 0 aliphatic carbocycles. The molecule has 0 bridgehead atoms. The van der Waals surface area contributed by atoms with E-state index >= 15 is 0 Å². The molecule has 0 radical (unpaired) electrons. The highest BCUT2D eigenvalue weighted by Crippen LogP contribution is 2.36. The Kier molecular flexibility index (Phi) is 10.6. The maximum Gasteiger partial charge on any atom is 0.191 e. The monoisotopic (exact) mass is 569 g/mol. The van der Waals surface area contributed by atoms with Crippen LogP contribution in [0.15, 0.2) is 70.2 Å². The van der Waals surface area contributed by atoms with Gasteiger partial charge in [-0.25, -0.2) is 0 Å². The fourth-order valence-corrected chi connectivity index (χ4v) is 4.20. The van der Waals surface area contributed by atoms with Crippen LogP contribution in [-0.2, 0) is 0 Å². The van der Waals surface area contributed by atoms with Gasteiger partial charge in [0.25, 0.3) is 0 Å². The minimum Gasteiger partial charge on any atom is -0.490 e. The van der Waals surface area contributed by atoms with Crippen molar-refractivity contribution >= 4 is 45.2 Å². The molecule has 0 spiro atoms. The van der Waals surface area contributed by atoms with E-state index in [1.165, 1.54) is 11.1 Å². The average Bonchev–Trinajstić information content (AvgIpc) is 2.83. The van der Waals surface area contributed by atoms with E-state index in [0.29, 0.717) is 42.4 Å². The molecule has 0 aliphatic rings. The molecule has 0 atom stereocenters. The molecule has 0 amide bonds. The number of aryl methyl sites for hydroxylation is 1. The van der Waals surface area contributed by atoms with Crippen molar-refractivity contribution in [2.75, 3.05) is 25.1 Å². The second kappa shape index (κ2) is 13.8. The van der Waals surface area contributed by atoms with Crippen molar-refractivity contribution in [1.82, 2.24) is 5.43 Å². The Labute approximate surface area is 227 Å². The number of thiocarbonyl (C=S) groups is 1. The molecule has 3 rings (SSSR count). The molecule has 3 aromatic rings.